The Morgan fingerprint density at radius 3 is 2.29 bits per heavy atom. The van der Waals surface area contributed by atoms with Crippen LogP contribution in [0.25, 0.3) is 0 Å². The quantitative estimate of drug-likeness (QED) is 0.715. The Kier molecular flexibility index (Phi) is 5.48. The Labute approximate surface area is 146 Å². The minimum Gasteiger partial charge on any atom is -0.207 e. The summed E-state index contributed by atoms with van der Waals surface area (Å²) in [4.78, 5) is 0.200. The molecule has 112 valence electrons. The normalized spacial score (nSPS) is 13.1. The van der Waals surface area contributed by atoms with Crippen LogP contribution in [0.15, 0.2) is 56.3 Å². The number of hydrogen-bond donors (Lipinski definition) is 1. The lowest BCUT2D eigenvalue weighted by molar-refractivity contribution is 0.566. The van der Waals surface area contributed by atoms with E-state index < -0.39 is 10.0 Å². The predicted octanol–water partition coefficient (Wildman–Crippen LogP) is 4.90. The maximum Gasteiger partial charge on any atom is 0.242 e. The van der Waals surface area contributed by atoms with Crippen LogP contribution in [-0.4, -0.2) is 8.42 Å². The van der Waals surface area contributed by atoms with Crippen molar-refractivity contribution < 1.29 is 8.42 Å². The highest BCUT2D eigenvalue weighted by Gasteiger charge is 2.21. The lowest BCUT2D eigenvalue weighted by Gasteiger charge is -2.15. The van der Waals surface area contributed by atoms with Gasteiger partial charge in [0.1, 0.15) is 0 Å². The highest BCUT2D eigenvalue weighted by Crippen LogP contribution is 2.27. The van der Waals surface area contributed by atoms with Crippen molar-refractivity contribution >= 4 is 53.5 Å². The molecular formula is C14H12Br2ClNO2S. The number of hydrogen-bond acceptors (Lipinski definition) is 2. The van der Waals surface area contributed by atoms with Gasteiger partial charge in [-0.05, 0) is 58.7 Å². The van der Waals surface area contributed by atoms with Gasteiger partial charge in [-0.1, -0.05) is 39.7 Å². The van der Waals surface area contributed by atoms with Crippen LogP contribution in [0.3, 0.4) is 0 Å². The van der Waals surface area contributed by atoms with Crippen LogP contribution in [0, 0.1) is 0 Å². The van der Waals surface area contributed by atoms with Crippen molar-refractivity contribution in [3.8, 4) is 0 Å². The number of nitrogens with one attached hydrogen (secondary N) is 1. The average Bonchev–Trinajstić information content (AvgIpc) is 2.38. The molecule has 0 radical (unpaired) electrons. The van der Waals surface area contributed by atoms with Crippen LogP contribution in [0.2, 0.25) is 5.02 Å². The highest BCUT2D eigenvalue weighted by atomic mass is 79.9. The molecule has 0 heterocycles. The third-order valence-electron chi connectivity index (χ3n) is 2.89. The first-order valence-electron chi connectivity index (χ1n) is 6.02. The minimum absolute atomic E-state index is 0.200. The van der Waals surface area contributed by atoms with Gasteiger partial charge in [0, 0.05) is 20.0 Å². The van der Waals surface area contributed by atoms with Crippen molar-refractivity contribution in [2.24, 2.45) is 0 Å². The van der Waals surface area contributed by atoms with E-state index in [1.807, 2.05) is 0 Å². The molecule has 0 saturated carbocycles. The van der Waals surface area contributed by atoms with Gasteiger partial charge in [-0.2, -0.15) is 0 Å². The summed E-state index contributed by atoms with van der Waals surface area (Å²) in [7, 11) is -3.62. The standard InChI is InChI=1S/C14H12Br2ClNO2S/c1-9(10-2-5-12(17)6-3-10)18-21(19,20)14-7-4-11(15)8-13(14)16/h2-9,18H,1H3. The molecule has 0 saturated heterocycles. The van der Waals surface area contributed by atoms with Gasteiger partial charge in [0.25, 0.3) is 0 Å². The van der Waals surface area contributed by atoms with Crippen molar-refractivity contribution in [1.82, 2.24) is 4.72 Å². The van der Waals surface area contributed by atoms with Gasteiger partial charge in [-0.15, -0.1) is 0 Å². The van der Waals surface area contributed by atoms with Crippen molar-refractivity contribution in [3.63, 3.8) is 0 Å². The second-order valence-corrected chi connectivity index (χ2v) is 8.36. The maximum atomic E-state index is 12.4. The molecule has 2 rings (SSSR count). The lowest BCUT2D eigenvalue weighted by Crippen LogP contribution is -2.27. The van der Waals surface area contributed by atoms with Gasteiger partial charge in [-0.25, -0.2) is 13.1 Å². The number of benzene rings is 2. The molecule has 1 unspecified atom stereocenters. The largest absolute Gasteiger partial charge is 0.242 e. The highest BCUT2D eigenvalue weighted by molar-refractivity contribution is 9.11. The zero-order valence-electron chi connectivity index (χ0n) is 11.0. The fourth-order valence-corrected chi connectivity index (χ4v) is 4.91. The number of rotatable bonds is 4. The van der Waals surface area contributed by atoms with E-state index in [1.165, 1.54) is 0 Å². The first kappa shape index (κ1) is 17.0. The first-order chi connectivity index (χ1) is 9.79. The molecule has 0 spiro atoms. The SMILES string of the molecule is CC(NS(=O)(=O)c1ccc(Br)cc1Br)c1ccc(Cl)cc1. The van der Waals surface area contributed by atoms with Crippen LogP contribution in [-0.2, 0) is 10.0 Å². The van der Waals surface area contributed by atoms with Crippen LogP contribution < -0.4 is 4.72 Å². The monoisotopic (exact) mass is 451 g/mol. The molecule has 1 N–H and O–H groups in total. The summed E-state index contributed by atoms with van der Waals surface area (Å²) in [6.07, 6.45) is 0. The molecule has 0 aromatic heterocycles. The van der Waals surface area contributed by atoms with Crippen LogP contribution in [0.1, 0.15) is 18.5 Å². The van der Waals surface area contributed by atoms with Gasteiger partial charge < -0.3 is 0 Å². The van der Waals surface area contributed by atoms with Gasteiger partial charge in [0.05, 0.1) is 4.90 Å². The topological polar surface area (TPSA) is 46.2 Å². The molecule has 21 heavy (non-hydrogen) atoms. The Balaban J connectivity index is 2.26. The summed E-state index contributed by atoms with van der Waals surface area (Å²) in [5.74, 6) is 0. The third kappa shape index (κ3) is 4.29. The number of sulfonamides is 1. The summed E-state index contributed by atoms with van der Waals surface area (Å²) in [5, 5.41) is 0.615. The average molecular weight is 454 g/mol. The molecule has 2 aromatic carbocycles. The van der Waals surface area contributed by atoms with E-state index in [-0.39, 0.29) is 10.9 Å². The Morgan fingerprint density at radius 2 is 1.71 bits per heavy atom. The van der Waals surface area contributed by atoms with Crippen LogP contribution in [0.5, 0.6) is 0 Å². The summed E-state index contributed by atoms with van der Waals surface area (Å²) in [5.41, 5.74) is 0.844. The Morgan fingerprint density at radius 1 is 1.10 bits per heavy atom. The fraction of sp³-hybridized carbons (Fsp3) is 0.143. The smallest absolute Gasteiger partial charge is 0.207 e. The zero-order valence-corrected chi connectivity index (χ0v) is 15.7. The molecule has 0 aliphatic rings. The minimum atomic E-state index is -3.62. The molecule has 0 aliphatic carbocycles. The molecule has 2 aromatic rings. The summed E-state index contributed by atoms with van der Waals surface area (Å²) < 4.78 is 28.8. The van der Waals surface area contributed by atoms with Crippen molar-refractivity contribution in [2.45, 2.75) is 17.9 Å². The van der Waals surface area contributed by atoms with E-state index in [2.05, 4.69) is 36.6 Å². The predicted molar refractivity (Wildman–Crippen MR) is 92.0 cm³/mol. The molecule has 1 atom stereocenters. The lowest BCUT2D eigenvalue weighted by atomic mass is 10.1. The van der Waals surface area contributed by atoms with E-state index in [0.717, 1.165) is 10.0 Å². The zero-order chi connectivity index (χ0) is 15.6. The van der Waals surface area contributed by atoms with Gasteiger partial charge in [-0.3, -0.25) is 0 Å². The Bertz CT molecular complexity index is 748. The number of halogens is 3. The molecular weight excluding hydrogens is 441 g/mol. The van der Waals surface area contributed by atoms with E-state index in [4.69, 9.17) is 11.6 Å². The summed E-state index contributed by atoms with van der Waals surface area (Å²) in [6.45, 7) is 1.79. The van der Waals surface area contributed by atoms with E-state index in [1.54, 1.807) is 49.4 Å². The van der Waals surface area contributed by atoms with Crippen LogP contribution >= 0.6 is 43.5 Å². The molecule has 0 fully saturated rings. The fourth-order valence-electron chi connectivity index (χ4n) is 1.81. The second kappa shape index (κ2) is 6.79. The Hall–Kier alpha value is -0.400. The second-order valence-electron chi connectivity index (χ2n) is 4.47. The van der Waals surface area contributed by atoms with Gasteiger partial charge in [0.2, 0.25) is 10.0 Å². The van der Waals surface area contributed by atoms with Gasteiger partial charge >= 0.3 is 0 Å². The molecule has 0 bridgehead atoms. The van der Waals surface area contributed by atoms with Crippen molar-refractivity contribution in [2.75, 3.05) is 0 Å². The summed E-state index contributed by atoms with van der Waals surface area (Å²) in [6, 6.07) is 11.6. The van der Waals surface area contributed by atoms with E-state index in [0.29, 0.717) is 9.50 Å². The maximum absolute atomic E-state index is 12.4. The van der Waals surface area contributed by atoms with Crippen LogP contribution in [0.4, 0.5) is 0 Å². The van der Waals surface area contributed by atoms with Crippen molar-refractivity contribution in [3.05, 3.63) is 62.0 Å². The first-order valence-corrected chi connectivity index (χ1v) is 9.47. The molecule has 0 aliphatic heterocycles. The molecule has 3 nitrogen and oxygen atoms in total. The summed E-state index contributed by atoms with van der Waals surface area (Å²) >= 11 is 12.4. The molecule has 7 heteroatoms. The van der Waals surface area contributed by atoms with E-state index >= 15 is 0 Å². The molecule has 0 amide bonds. The van der Waals surface area contributed by atoms with Gasteiger partial charge in [0.15, 0.2) is 0 Å². The van der Waals surface area contributed by atoms with E-state index in [9.17, 15) is 8.42 Å². The third-order valence-corrected chi connectivity index (χ3v) is 6.15. The van der Waals surface area contributed by atoms with Crippen molar-refractivity contribution in [1.29, 1.82) is 0 Å².